The Hall–Kier alpha value is -1.32. The second kappa shape index (κ2) is 4.59. The number of nitrogens with zero attached hydrogens (tertiary/aromatic N) is 1. The molecule has 2 aromatic rings. The first-order valence-electron chi connectivity index (χ1n) is 8.11. The Labute approximate surface area is 126 Å². The number of benzene rings is 1. The molecule has 0 amide bonds. The van der Waals surface area contributed by atoms with Gasteiger partial charge >= 0.3 is 0 Å². The predicted molar refractivity (Wildman–Crippen MR) is 85.3 cm³/mol. The first-order chi connectivity index (χ1) is 10.1. The fraction of sp³-hybridized carbons (Fsp3) is 0.556. The number of aromatic amines is 1. The van der Waals surface area contributed by atoms with Gasteiger partial charge in [0.05, 0.1) is 11.6 Å². The van der Waals surface area contributed by atoms with Crippen LogP contribution in [0.4, 0.5) is 0 Å². The molecule has 2 aliphatic rings. The van der Waals surface area contributed by atoms with E-state index >= 15 is 0 Å². The van der Waals surface area contributed by atoms with Crippen LogP contribution in [0.5, 0.6) is 0 Å². The zero-order chi connectivity index (χ0) is 14.6. The van der Waals surface area contributed by atoms with Gasteiger partial charge < -0.3 is 10.1 Å². The average molecular weight is 284 g/mol. The summed E-state index contributed by atoms with van der Waals surface area (Å²) in [4.78, 5) is 6.24. The smallest absolute Gasteiger partial charge is 0.0638 e. The molecule has 3 heterocycles. The molecule has 2 atom stereocenters. The van der Waals surface area contributed by atoms with Gasteiger partial charge in [-0.3, -0.25) is 4.90 Å². The lowest BCUT2D eigenvalue weighted by molar-refractivity contribution is -0.0569. The number of para-hydroxylation sites is 1. The lowest BCUT2D eigenvalue weighted by Crippen LogP contribution is -2.49. The number of H-pyrrole nitrogens is 1. The summed E-state index contributed by atoms with van der Waals surface area (Å²) in [6.45, 7) is 6.22. The van der Waals surface area contributed by atoms with Gasteiger partial charge in [0.2, 0.25) is 0 Å². The lowest BCUT2D eigenvalue weighted by Gasteiger charge is -2.48. The molecule has 0 radical (unpaired) electrons. The van der Waals surface area contributed by atoms with Crippen LogP contribution in [0.15, 0.2) is 24.3 Å². The van der Waals surface area contributed by atoms with Crippen LogP contribution < -0.4 is 0 Å². The number of piperidine rings is 1. The van der Waals surface area contributed by atoms with Crippen molar-refractivity contribution in [3.05, 3.63) is 35.5 Å². The Bertz CT molecular complexity index is 667. The third kappa shape index (κ3) is 2.02. The van der Waals surface area contributed by atoms with Crippen molar-refractivity contribution in [3.8, 4) is 0 Å². The Morgan fingerprint density at radius 3 is 2.86 bits per heavy atom. The number of nitrogens with one attached hydrogen (secondary N) is 1. The lowest BCUT2D eigenvalue weighted by atomic mass is 9.74. The number of aliphatic hydroxyl groups is 1. The Kier molecular flexibility index (Phi) is 2.92. The number of rotatable bonds is 1. The Morgan fingerprint density at radius 1 is 1.24 bits per heavy atom. The van der Waals surface area contributed by atoms with Crippen molar-refractivity contribution in [3.63, 3.8) is 0 Å². The summed E-state index contributed by atoms with van der Waals surface area (Å²) in [5, 5.41) is 12.0. The van der Waals surface area contributed by atoms with Crippen LogP contribution >= 0.6 is 0 Å². The van der Waals surface area contributed by atoms with E-state index in [0.717, 1.165) is 25.9 Å². The van der Waals surface area contributed by atoms with Gasteiger partial charge in [0.15, 0.2) is 0 Å². The van der Waals surface area contributed by atoms with E-state index in [0.29, 0.717) is 12.0 Å². The fourth-order valence-corrected chi connectivity index (χ4v) is 4.44. The topological polar surface area (TPSA) is 39.3 Å². The fourth-order valence-electron chi connectivity index (χ4n) is 4.44. The molecule has 3 heteroatoms. The van der Waals surface area contributed by atoms with Gasteiger partial charge in [-0.2, -0.15) is 0 Å². The summed E-state index contributed by atoms with van der Waals surface area (Å²) in [5.41, 5.74) is 3.44. The van der Waals surface area contributed by atoms with Crippen molar-refractivity contribution in [2.75, 3.05) is 13.1 Å². The van der Waals surface area contributed by atoms with Gasteiger partial charge in [-0.1, -0.05) is 18.2 Å². The van der Waals surface area contributed by atoms with E-state index in [1.807, 2.05) is 13.8 Å². The molecule has 112 valence electrons. The molecule has 0 aliphatic carbocycles. The highest BCUT2D eigenvalue weighted by molar-refractivity contribution is 5.85. The molecule has 2 aliphatic heterocycles. The maximum atomic E-state index is 10.6. The molecule has 0 saturated carbocycles. The minimum Gasteiger partial charge on any atom is -0.390 e. The standard InChI is InChI=1S/C18H24N2O/c1-18(2,21)14-7-5-10-20-11-9-13-12-6-3-4-8-15(12)19-16(13)17(14)20/h3-4,6,8,14,17,19,21H,5,7,9-11H2,1-2H3. The number of hydrogen-bond acceptors (Lipinski definition) is 2. The molecule has 1 saturated heterocycles. The van der Waals surface area contributed by atoms with Gasteiger partial charge in [-0.25, -0.2) is 0 Å². The highest BCUT2D eigenvalue weighted by Gasteiger charge is 2.43. The molecule has 2 unspecified atom stereocenters. The van der Waals surface area contributed by atoms with Crippen molar-refractivity contribution in [2.24, 2.45) is 5.92 Å². The second-order valence-corrected chi connectivity index (χ2v) is 7.20. The summed E-state index contributed by atoms with van der Waals surface area (Å²) in [5.74, 6) is 0.304. The van der Waals surface area contributed by atoms with Crippen molar-refractivity contribution in [1.29, 1.82) is 0 Å². The van der Waals surface area contributed by atoms with Gasteiger partial charge in [0, 0.05) is 29.1 Å². The van der Waals surface area contributed by atoms with Crippen LogP contribution in [0.2, 0.25) is 0 Å². The Morgan fingerprint density at radius 2 is 2.05 bits per heavy atom. The number of hydrogen-bond donors (Lipinski definition) is 2. The van der Waals surface area contributed by atoms with Crippen molar-refractivity contribution in [1.82, 2.24) is 9.88 Å². The predicted octanol–water partition coefficient (Wildman–Crippen LogP) is 3.25. The molecule has 2 N–H and O–H groups in total. The summed E-state index contributed by atoms with van der Waals surface area (Å²) in [6.07, 6.45) is 3.43. The van der Waals surface area contributed by atoms with E-state index in [2.05, 4.69) is 34.1 Å². The second-order valence-electron chi connectivity index (χ2n) is 7.20. The van der Waals surface area contributed by atoms with E-state index in [1.165, 1.54) is 28.6 Å². The van der Waals surface area contributed by atoms with Crippen molar-refractivity contribution < 1.29 is 5.11 Å². The van der Waals surface area contributed by atoms with Crippen LogP contribution in [0.25, 0.3) is 10.9 Å². The van der Waals surface area contributed by atoms with Crippen molar-refractivity contribution in [2.45, 2.75) is 44.8 Å². The molecule has 3 nitrogen and oxygen atoms in total. The van der Waals surface area contributed by atoms with Crippen LogP contribution in [-0.2, 0) is 6.42 Å². The van der Waals surface area contributed by atoms with E-state index in [-0.39, 0.29) is 0 Å². The summed E-state index contributed by atoms with van der Waals surface area (Å²) in [7, 11) is 0. The third-order valence-corrected chi connectivity index (χ3v) is 5.43. The van der Waals surface area contributed by atoms with Crippen LogP contribution in [0.1, 0.15) is 44.0 Å². The molecule has 1 fully saturated rings. The van der Waals surface area contributed by atoms with Crippen LogP contribution in [-0.4, -0.2) is 33.7 Å². The van der Waals surface area contributed by atoms with E-state index in [9.17, 15) is 5.11 Å². The molecule has 0 bridgehead atoms. The minimum absolute atomic E-state index is 0.304. The van der Waals surface area contributed by atoms with Gasteiger partial charge in [0.25, 0.3) is 0 Å². The average Bonchev–Trinajstić information content (AvgIpc) is 2.84. The van der Waals surface area contributed by atoms with Crippen LogP contribution in [0.3, 0.4) is 0 Å². The van der Waals surface area contributed by atoms with Crippen molar-refractivity contribution >= 4 is 10.9 Å². The molecule has 21 heavy (non-hydrogen) atoms. The van der Waals surface area contributed by atoms with Crippen LogP contribution in [0, 0.1) is 5.92 Å². The molecule has 4 rings (SSSR count). The van der Waals surface area contributed by atoms with Gasteiger partial charge in [-0.15, -0.1) is 0 Å². The van der Waals surface area contributed by atoms with Gasteiger partial charge in [0.1, 0.15) is 0 Å². The van der Waals surface area contributed by atoms with Gasteiger partial charge in [-0.05, 0) is 51.3 Å². The van der Waals surface area contributed by atoms with E-state index in [1.54, 1.807) is 0 Å². The van der Waals surface area contributed by atoms with E-state index < -0.39 is 5.60 Å². The Balaban J connectivity index is 1.87. The number of fused-ring (bicyclic) bond motifs is 5. The third-order valence-electron chi connectivity index (χ3n) is 5.43. The number of aromatic nitrogens is 1. The normalized spacial score (nSPS) is 26.6. The maximum absolute atomic E-state index is 10.6. The zero-order valence-electron chi connectivity index (χ0n) is 12.9. The largest absolute Gasteiger partial charge is 0.390 e. The highest BCUT2D eigenvalue weighted by Crippen LogP contribution is 2.46. The summed E-state index contributed by atoms with van der Waals surface area (Å²) < 4.78 is 0. The molecule has 1 aromatic heterocycles. The highest BCUT2D eigenvalue weighted by atomic mass is 16.3. The quantitative estimate of drug-likeness (QED) is 0.844. The summed E-state index contributed by atoms with van der Waals surface area (Å²) >= 11 is 0. The molecular formula is C18H24N2O. The zero-order valence-corrected chi connectivity index (χ0v) is 12.9. The summed E-state index contributed by atoms with van der Waals surface area (Å²) in [6, 6.07) is 8.95. The molecule has 0 spiro atoms. The first kappa shape index (κ1) is 13.4. The molecular weight excluding hydrogens is 260 g/mol. The monoisotopic (exact) mass is 284 g/mol. The maximum Gasteiger partial charge on any atom is 0.0638 e. The van der Waals surface area contributed by atoms with E-state index in [4.69, 9.17) is 0 Å². The molecule has 1 aromatic carbocycles. The minimum atomic E-state index is -0.630. The first-order valence-corrected chi connectivity index (χ1v) is 8.11. The SMILES string of the molecule is CC(C)(O)C1CCCN2CCc3c([nH]c4ccccc34)C12.